The van der Waals surface area contributed by atoms with E-state index in [9.17, 15) is 9.59 Å². The largest absolute Gasteiger partial charge is 0.450 e. The normalized spacial score (nSPS) is 17.3. The molecule has 1 fully saturated rings. The van der Waals surface area contributed by atoms with Gasteiger partial charge in [-0.05, 0) is 64.1 Å². The van der Waals surface area contributed by atoms with E-state index in [-0.39, 0.29) is 11.8 Å². The average Bonchev–Trinajstić information content (AvgIpc) is 3.07. The summed E-state index contributed by atoms with van der Waals surface area (Å²) in [6, 6.07) is 10.5. The summed E-state index contributed by atoms with van der Waals surface area (Å²) >= 11 is 4.46. The number of hydrogen-bond donors (Lipinski definition) is 2. The van der Waals surface area contributed by atoms with Gasteiger partial charge in [0.25, 0.3) is 5.91 Å². The second-order valence-corrected chi connectivity index (χ2v) is 6.66. The topological polar surface area (TPSA) is 83.7 Å². The van der Waals surface area contributed by atoms with Crippen molar-refractivity contribution < 1.29 is 14.0 Å². The van der Waals surface area contributed by atoms with Crippen molar-refractivity contribution in [3.8, 4) is 0 Å². The van der Waals surface area contributed by atoms with Gasteiger partial charge in [-0.25, -0.2) is 4.99 Å². The number of halogens is 1. The highest BCUT2D eigenvalue weighted by molar-refractivity contribution is 9.10. The van der Waals surface area contributed by atoms with Gasteiger partial charge in [-0.3, -0.25) is 9.59 Å². The fourth-order valence-electron chi connectivity index (χ4n) is 1.96. The minimum atomic E-state index is -0.221. The molecule has 1 aliphatic rings. The van der Waals surface area contributed by atoms with E-state index < -0.39 is 0 Å². The predicted molar refractivity (Wildman–Crippen MR) is 98.0 cm³/mol. The van der Waals surface area contributed by atoms with Gasteiger partial charge >= 0.3 is 0 Å². The molecule has 1 aromatic carbocycles. The Morgan fingerprint density at radius 3 is 2.67 bits per heavy atom. The van der Waals surface area contributed by atoms with E-state index >= 15 is 0 Å². The molecule has 2 aromatic rings. The monoisotopic (exact) mass is 405 g/mol. The van der Waals surface area contributed by atoms with Crippen LogP contribution in [0.2, 0.25) is 0 Å². The molecule has 3 rings (SSSR count). The number of anilines is 1. The number of nitrogens with zero attached hydrogens (tertiary/aromatic N) is 1. The number of amidine groups is 1. The maximum Gasteiger partial charge on any atom is 0.264 e. The van der Waals surface area contributed by atoms with Crippen LogP contribution in [0.3, 0.4) is 0 Å². The number of furan rings is 1. The number of rotatable bonds is 3. The highest BCUT2D eigenvalue weighted by Gasteiger charge is 2.24. The Labute approximate surface area is 150 Å². The van der Waals surface area contributed by atoms with Crippen molar-refractivity contribution in [2.24, 2.45) is 4.99 Å². The van der Waals surface area contributed by atoms with Crippen molar-refractivity contribution in [3.63, 3.8) is 0 Å². The van der Waals surface area contributed by atoms with Crippen LogP contribution in [0.5, 0.6) is 0 Å². The Kier molecular flexibility index (Phi) is 4.86. The number of thioether (sulfide) groups is 1. The Balaban J connectivity index is 1.74. The number of hydrogen-bond acceptors (Lipinski definition) is 5. The number of carbonyl (C=O) groups is 2. The minimum absolute atomic E-state index is 0.132. The summed E-state index contributed by atoms with van der Waals surface area (Å²) in [7, 11) is 0. The standard InChI is InChI=1S/C16H12BrN3O3S/c1-9(21)18-10-2-4-11(5-3-10)19-16-20-15(22)13(24-16)8-12-6-7-14(17)23-12/h2-8H,1H3,(H,18,21)(H,19,20,22). The summed E-state index contributed by atoms with van der Waals surface area (Å²) in [5.74, 6) is 0.230. The molecule has 1 saturated heterocycles. The van der Waals surface area contributed by atoms with Crippen molar-refractivity contribution in [1.29, 1.82) is 0 Å². The third-order valence-corrected chi connectivity index (χ3v) is 4.27. The quantitative estimate of drug-likeness (QED) is 0.758. The first-order valence-corrected chi connectivity index (χ1v) is 8.53. The summed E-state index contributed by atoms with van der Waals surface area (Å²) in [5, 5.41) is 5.88. The van der Waals surface area contributed by atoms with Crippen molar-refractivity contribution in [2.75, 3.05) is 5.32 Å². The highest BCUT2D eigenvalue weighted by Crippen LogP contribution is 2.29. The lowest BCUT2D eigenvalue weighted by molar-refractivity contribution is -0.115. The zero-order valence-electron chi connectivity index (χ0n) is 12.5. The molecule has 2 heterocycles. The molecule has 0 atom stereocenters. The fourth-order valence-corrected chi connectivity index (χ4v) is 3.10. The second-order valence-electron chi connectivity index (χ2n) is 4.85. The van der Waals surface area contributed by atoms with Crippen LogP contribution in [0.4, 0.5) is 11.4 Å². The number of amides is 2. The highest BCUT2D eigenvalue weighted by atomic mass is 79.9. The molecule has 0 aliphatic carbocycles. The lowest BCUT2D eigenvalue weighted by atomic mass is 10.3. The minimum Gasteiger partial charge on any atom is -0.450 e. The Bertz CT molecular complexity index is 856. The van der Waals surface area contributed by atoms with Crippen LogP contribution in [0.15, 0.2) is 55.4 Å². The molecular formula is C16H12BrN3O3S. The summed E-state index contributed by atoms with van der Waals surface area (Å²) in [6.45, 7) is 1.45. The molecule has 6 nitrogen and oxygen atoms in total. The SMILES string of the molecule is CC(=O)Nc1ccc(N=C2NC(=O)C(=Cc3ccc(Br)o3)S2)cc1. The van der Waals surface area contributed by atoms with Crippen LogP contribution < -0.4 is 10.6 Å². The lowest BCUT2D eigenvalue weighted by Gasteiger charge is -2.02. The summed E-state index contributed by atoms with van der Waals surface area (Å²) in [5.41, 5.74) is 1.37. The molecule has 0 spiro atoms. The van der Waals surface area contributed by atoms with Crippen molar-refractivity contribution in [2.45, 2.75) is 6.92 Å². The van der Waals surface area contributed by atoms with E-state index in [4.69, 9.17) is 4.42 Å². The summed E-state index contributed by atoms with van der Waals surface area (Å²) in [4.78, 5) is 27.9. The zero-order valence-corrected chi connectivity index (χ0v) is 14.9. The molecule has 2 amide bonds. The molecule has 122 valence electrons. The maximum absolute atomic E-state index is 12.0. The van der Waals surface area contributed by atoms with E-state index in [1.807, 2.05) is 0 Å². The Morgan fingerprint density at radius 1 is 1.29 bits per heavy atom. The third kappa shape index (κ3) is 4.15. The third-order valence-electron chi connectivity index (χ3n) is 2.94. The molecule has 2 N–H and O–H groups in total. The number of aliphatic imine (C=N–C) groups is 1. The number of nitrogens with one attached hydrogen (secondary N) is 2. The first kappa shape index (κ1) is 16.5. The molecule has 8 heteroatoms. The van der Waals surface area contributed by atoms with E-state index in [0.29, 0.717) is 31.9 Å². The van der Waals surface area contributed by atoms with E-state index in [0.717, 1.165) is 0 Å². The fraction of sp³-hybridized carbons (Fsp3) is 0.0625. The predicted octanol–water partition coefficient (Wildman–Crippen LogP) is 3.89. The van der Waals surface area contributed by atoms with Gasteiger partial charge < -0.3 is 15.1 Å². The van der Waals surface area contributed by atoms with Crippen LogP contribution in [0.1, 0.15) is 12.7 Å². The van der Waals surface area contributed by atoms with Gasteiger partial charge in [0.1, 0.15) is 5.76 Å². The van der Waals surface area contributed by atoms with Crippen LogP contribution >= 0.6 is 27.7 Å². The zero-order chi connectivity index (χ0) is 17.1. The van der Waals surface area contributed by atoms with E-state index in [1.54, 1.807) is 42.5 Å². The maximum atomic E-state index is 12.0. The van der Waals surface area contributed by atoms with Gasteiger partial charge in [-0.2, -0.15) is 0 Å². The van der Waals surface area contributed by atoms with Crippen molar-refractivity contribution in [1.82, 2.24) is 5.32 Å². The van der Waals surface area contributed by atoms with Gasteiger partial charge in [0.05, 0.1) is 10.6 Å². The number of benzene rings is 1. The van der Waals surface area contributed by atoms with Crippen LogP contribution in [0, 0.1) is 0 Å². The van der Waals surface area contributed by atoms with Crippen molar-refractivity contribution >= 4 is 62.1 Å². The lowest BCUT2D eigenvalue weighted by Crippen LogP contribution is -2.19. The van der Waals surface area contributed by atoms with E-state index in [2.05, 4.69) is 31.6 Å². The summed E-state index contributed by atoms with van der Waals surface area (Å²) < 4.78 is 5.97. The summed E-state index contributed by atoms with van der Waals surface area (Å²) in [6.07, 6.45) is 1.66. The van der Waals surface area contributed by atoms with Crippen LogP contribution in [0.25, 0.3) is 6.08 Å². The molecule has 1 aromatic heterocycles. The Hall–Kier alpha value is -2.32. The molecule has 0 unspecified atom stereocenters. The van der Waals surface area contributed by atoms with Crippen molar-refractivity contribution in [3.05, 3.63) is 51.7 Å². The Morgan fingerprint density at radius 2 is 2.04 bits per heavy atom. The average molecular weight is 406 g/mol. The van der Waals surface area contributed by atoms with Gasteiger partial charge in [0.15, 0.2) is 9.84 Å². The molecule has 0 bridgehead atoms. The van der Waals surface area contributed by atoms with Gasteiger partial charge in [-0.15, -0.1) is 0 Å². The first-order valence-electron chi connectivity index (χ1n) is 6.92. The van der Waals surface area contributed by atoms with Gasteiger partial charge in [-0.1, -0.05) is 0 Å². The van der Waals surface area contributed by atoms with Crippen LogP contribution in [-0.4, -0.2) is 17.0 Å². The molecule has 0 radical (unpaired) electrons. The van der Waals surface area contributed by atoms with Crippen LogP contribution in [-0.2, 0) is 9.59 Å². The number of carbonyl (C=O) groups excluding carboxylic acids is 2. The molecule has 0 saturated carbocycles. The van der Waals surface area contributed by atoms with E-state index in [1.165, 1.54) is 18.7 Å². The molecule has 24 heavy (non-hydrogen) atoms. The molecule has 1 aliphatic heterocycles. The molecular weight excluding hydrogens is 394 g/mol. The first-order chi connectivity index (χ1) is 11.5. The smallest absolute Gasteiger partial charge is 0.264 e. The van der Waals surface area contributed by atoms with Gasteiger partial charge in [0, 0.05) is 18.7 Å². The second kappa shape index (κ2) is 7.06. The van der Waals surface area contributed by atoms with Gasteiger partial charge in [0.2, 0.25) is 5.91 Å².